The molecule has 3 nitrogen and oxygen atoms in total. The Hall–Kier alpha value is -0.930. The third-order valence-electron chi connectivity index (χ3n) is 3.36. The van der Waals surface area contributed by atoms with Gasteiger partial charge in [0, 0.05) is 6.54 Å². The Morgan fingerprint density at radius 1 is 1.28 bits per heavy atom. The van der Waals surface area contributed by atoms with Gasteiger partial charge >= 0.3 is 0 Å². The monoisotopic (exact) mass is 285 g/mol. The molecule has 18 heavy (non-hydrogen) atoms. The van der Waals surface area contributed by atoms with Crippen molar-refractivity contribution in [2.75, 3.05) is 5.73 Å². The van der Waals surface area contributed by atoms with Crippen LogP contribution in [0.5, 0.6) is 0 Å². The fraction of sp³-hybridized carbons (Fsp3) is 0.462. The van der Waals surface area contributed by atoms with Crippen LogP contribution in [0.1, 0.15) is 27.2 Å². The van der Waals surface area contributed by atoms with E-state index in [4.69, 9.17) is 28.9 Å². The summed E-state index contributed by atoms with van der Waals surface area (Å²) in [7, 11) is 0. The molecule has 0 unspecified atom stereocenters. The van der Waals surface area contributed by atoms with Gasteiger partial charge in [0.25, 0.3) is 0 Å². The molecule has 5 heteroatoms. The molecule has 0 bridgehead atoms. The molecule has 0 amide bonds. The zero-order chi connectivity index (χ0) is 13.5. The van der Waals surface area contributed by atoms with Crippen LogP contribution < -0.4 is 5.73 Å². The van der Waals surface area contributed by atoms with Crippen LogP contribution >= 0.6 is 23.2 Å². The predicted molar refractivity (Wildman–Crippen MR) is 78.2 cm³/mol. The fourth-order valence-electron chi connectivity index (χ4n) is 1.84. The van der Waals surface area contributed by atoms with Crippen LogP contribution in [0, 0.1) is 5.41 Å². The van der Waals surface area contributed by atoms with Crippen LogP contribution in [0.15, 0.2) is 12.1 Å². The number of hydrogen-bond acceptors (Lipinski definition) is 2. The van der Waals surface area contributed by atoms with E-state index in [2.05, 4.69) is 25.8 Å². The largest absolute Gasteiger partial charge is 0.369 e. The minimum absolute atomic E-state index is 0.161. The van der Waals surface area contributed by atoms with Gasteiger partial charge in [-0.05, 0) is 24.0 Å². The van der Waals surface area contributed by atoms with E-state index in [1.54, 1.807) is 6.07 Å². The molecule has 2 aromatic rings. The summed E-state index contributed by atoms with van der Waals surface area (Å²) in [6.45, 7) is 7.38. The van der Waals surface area contributed by atoms with Crippen LogP contribution in [0.25, 0.3) is 11.0 Å². The van der Waals surface area contributed by atoms with Crippen molar-refractivity contribution in [3.63, 3.8) is 0 Å². The molecule has 0 radical (unpaired) electrons. The Labute approximate surface area is 117 Å². The number of aromatic nitrogens is 2. The molecule has 0 aliphatic carbocycles. The van der Waals surface area contributed by atoms with Crippen molar-refractivity contribution in [1.29, 1.82) is 0 Å². The van der Waals surface area contributed by atoms with E-state index < -0.39 is 0 Å². The number of benzene rings is 1. The standard InChI is InChI=1S/C13H17Cl2N3/c1-4-13(2,3)7-18-11-6-9(15)8(14)5-10(11)17-12(18)16/h5-6H,4,7H2,1-3H3,(H2,16,17). The van der Waals surface area contributed by atoms with Gasteiger partial charge < -0.3 is 10.3 Å². The molecule has 2 N–H and O–H groups in total. The molecule has 0 fully saturated rings. The second-order valence-electron chi connectivity index (χ2n) is 5.33. The highest BCUT2D eigenvalue weighted by Gasteiger charge is 2.20. The van der Waals surface area contributed by atoms with Gasteiger partial charge in [-0.25, -0.2) is 4.98 Å². The Kier molecular flexibility index (Phi) is 3.47. The second kappa shape index (κ2) is 4.63. The number of anilines is 1. The van der Waals surface area contributed by atoms with Crippen LogP contribution in [0.4, 0.5) is 5.95 Å². The first-order valence-corrected chi connectivity index (χ1v) is 6.70. The quantitative estimate of drug-likeness (QED) is 0.911. The van der Waals surface area contributed by atoms with Gasteiger partial charge in [0.05, 0.1) is 21.1 Å². The topological polar surface area (TPSA) is 43.8 Å². The number of imidazole rings is 1. The van der Waals surface area contributed by atoms with Crippen molar-refractivity contribution in [2.45, 2.75) is 33.7 Å². The summed E-state index contributed by atoms with van der Waals surface area (Å²) in [6.07, 6.45) is 1.06. The van der Waals surface area contributed by atoms with Crippen molar-refractivity contribution in [2.24, 2.45) is 5.41 Å². The summed E-state index contributed by atoms with van der Waals surface area (Å²) in [4.78, 5) is 4.33. The van der Waals surface area contributed by atoms with Gasteiger partial charge in [0.15, 0.2) is 0 Å². The molecule has 1 aromatic carbocycles. The number of rotatable bonds is 3. The molecule has 1 heterocycles. The lowest BCUT2D eigenvalue weighted by Gasteiger charge is -2.24. The van der Waals surface area contributed by atoms with E-state index >= 15 is 0 Å². The highest BCUT2D eigenvalue weighted by Crippen LogP contribution is 2.31. The minimum Gasteiger partial charge on any atom is -0.369 e. The number of hydrogen-bond donors (Lipinski definition) is 1. The van der Waals surface area contributed by atoms with Crippen LogP contribution in [-0.2, 0) is 6.54 Å². The molecule has 0 atom stereocenters. The maximum Gasteiger partial charge on any atom is 0.201 e. The first kappa shape index (κ1) is 13.5. The number of nitrogens with two attached hydrogens (primary N) is 1. The van der Waals surface area contributed by atoms with Crippen molar-refractivity contribution in [3.05, 3.63) is 22.2 Å². The molecule has 0 saturated heterocycles. The SMILES string of the molecule is CCC(C)(C)Cn1c(N)nc2cc(Cl)c(Cl)cc21. The van der Waals surface area contributed by atoms with Crippen molar-refractivity contribution in [3.8, 4) is 0 Å². The van der Waals surface area contributed by atoms with Gasteiger partial charge in [0.2, 0.25) is 5.95 Å². The van der Waals surface area contributed by atoms with E-state index in [0.717, 1.165) is 24.0 Å². The number of nitrogens with zero attached hydrogens (tertiary/aromatic N) is 2. The molecular weight excluding hydrogens is 269 g/mol. The van der Waals surface area contributed by atoms with Gasteiger partial charge in [-0.2, -0.15) is 0 Å². The Balaban J connectivity index is 2.57. The van der Waals surface area contributed by atoms with E-state index in [-0.39, 0.29) is 5.41 Å². The lowest BCUT2D eigenvalue weighted by Crippen LogP contribution is -2.19. The molecule has 2 rings (SSSR count). The third kappa shape index (κ3) is 2.43. The fourth-order valence-corrected chi connectivity index (χ4v) is 2.16. The molecule has 1 aromatic heterocycles. The van der Waals surface area contributed by atoms with Crippen molar-refractivity contribution >= 4 is 40.2 Å². The molecule has 0 saturated carbocycles. The van der Waals surface area contributed by atoms with Crippen molar-refractivity contribution in [1.82, 2.24) is 9.55 Å². The number of fused-ring (bicyclic) bond motifs is 1. The van der Waals surface area contributed by atoms with Crippen molar-refractivity contribution < 1.29 is 0 Å². The van der Waals surface area contributed by atoms with Gasteiger partial charge in [0.1, 0.15) is 0 Å². The molecular formula is C13H17Cl2N3. The minimum atomic E-state index is 0.161. The van der Waals surface area contributed by atoms with Gasteiger partial charge in [-0.3, -0.25) is 0 Å². The highest BCUT2D eigenvalue weighted by atomic mass is 35.5. The van der Waals surface area contributed by atoms with Crippen LogP contribution in [0.2, 0.25) is 10.0 Å². The maximum atomic E-state index is 6.06. The lowest BCUT2D eigenvalue weighted by molar-refractivity contribution is 0.300. The van der Waals surface area contributed by atoms with Crippen LogP contribution in [0.3, 0.4) is 0 Å². The normalized spacial score (nSPS) is 12.3. The Morgan fingerprint density at radius 2 is 1.89 bits per heavy atom. The second-order valence-corrected chi connectivity index (χ2v) is 6.14. The smallest absolute Gasteiger partial charge is 0.201 e. The lowest BCUT2D eigenvalue weighted by atomic mass is 9.90. The number of halogens is 2. The average molecular weight is 286 g/mol. The predicted octanol–water partition coefficient (Wildman–Crippen LogP) is 4.36. The Morgan fingerprint density at radius 3 is 2.50 bits per heavy atom. The summed E-state index contributed by atoms with van der Waals surface area (Å²) >= 11 is 12.0. The zero-order valence-corrected chi connectivity index (χ0v) is 12.3. The summed E-state index contributed by atoms with van der Waals surface area (Å²) in [6, 6.07) is 3.58. The Bertz CT molecular complexity index is 587. The molecule has 98 valence electrons. The summed E-state index contributed by atoms with van der Waals surface area (Å²) in [5.74, 6) is 0.504. The first-order valence-electron chi connectivity index (χ1n) is 5.95. The van der Waals surface area contributed by atoms with E-state index in [0.29, 0.717) is 16.0 Å². The zero-order valence-electron chi connectivity index (χ0n) is 10.8. The van der Waals surface area contributed by atoms with Gasteiger partial charge in [-0.15, -0.1) is 0 Å². The molecule has 0 aliphatic rings. The maximum absolute atomic E-state index is 6.06. The van der Waals surface area contributed by atoms with Crippen LogP contribution in [-0.4, -0.2) is 9.55 Å². The van der Waals surface area contributed by atoms with E-state index in [1.807, 2.05) is 10.6 Å². The summed E-state index contributed by atoms with van der Waals surface area (Å²) < 4.78 is 2.00. The highest BCUT2D eigenvalue weighted by molar-refractivity contribution is 6.42. The molecule has 0 spiro atoms. The van der Waals surface area contributed by atoms with E-state index in [1.165, 1.54) is 0 Å². The van der Waals surface area contributed by atoms with Gasteiger partial charge in [-0.1, -0.05) is 44.0 Å². The number of nitrogen functional groups attached to an aromatic ring is 1. The third-order valence-corrected chi connectivity index (χ3v) is 4.09. The first-order chi connectivity index (χ1) is 8.34. The summed E-state index contributed by atoms with van der Waals surface area (Å²) in [5.41, 5.74) is 7.86. The van der Waals surface area contributed by atoms with E-state index in [9.17, 15) is 0 Å². The summed E-state index contributed by atoms with van der Waals surface area (Å²) in [5, 5.41) is 1.03. The average Bonchev–Trinajstić information content (AvgIpc) is 2.57. The molecule has 0 aliphatic heterocycles.